The SMILES string of the molecule is CC(C)C1=CN=CN(Cc2ccccc2)C1. The van der Waals surface area contributed by atoms with Gasteiger partial charge in [-0.05, 0) is 17.1 Å². The van der Waals surface area contributed by atoms with Gasteiger partial charge in [0.25, 0.3) is 0 Å². The van der Waals surface area contributed by atoms with Crippen molar-refractivity contribution in [2.45, 2.75) is 20.4 Å². The summed E-state index contributed by atoms with van der Waals surface area (Å²) in [5.74, 6) is 0.579. The van der Waals surface area contributed by atoms with Gasteiger partial charge < -0.3 is 4.90 Å². The van der Waals surface area contributed by atoms with Gasteiger partial charge in [0.05, 0.1) is 6.34 Å². The van der Waals surface area contributed by atoms with Crippen LogP contribution in [0.3, 0.4) is 0 Å². The first-order valence-electron chi connectivity index (χ1n) is 5.76. The fourth-order valence-corrected chi connectivity index (χ4v) is 1.79. The molecule has 1 aliphatic heterocycles. The summed E-state index contributed by atoms with van der Waals surface area (Å²) in [6, 6.07) is 10.5. The lowest BCUT2D eigenvalue weighted by Gasteiger charge is -2.25. The Morgan fingerprint density at radius 2 is 2.00 bits per heavy atom. The highest BCUT2D eigenvalue weighted by atomic mass is 15.2. The van der Waals surface area contributed by atoms with Gasteiger partial charge in [-0.3, -0.25) is 0 Å². The average Bonchev–Trinajstić information content (AvgIpc) is 2.30. The average molecular weight is 214 g/mol. The van der Waals surface area contributed by atoms with Crippen LogP contribution in [-0.2, 0) is 6.54 Å². The molecule has 2 rings (SSSR count). The molecule has 0 amide bonds. The second-order valence-electron chi connectivity index (χ2n) is 4.51. The molecule has 0 aromatic heterocycles. The Labute approximate surface area is 97.3 Å². The highest BCUT2D eigenvalue weighted by Gasteiger charge is 2.11. The number of hydrogen-bond donors (Lipinski definition) is 0. The predicted octanol–water partition coefficient (Wildman–Crippen LogP) is 3.07. The van der Waals surface area contributed by atoms with Gasteiger partial charge in [0.15, 0.2) is 0 Å². The van der Waals surface area contributed by atoms with Crippen molar-refractivity contribution in [2.24, 2.45) is 10.9 Å². The van der Waals surface area contributed by atoms with Crippen LogP contribution in [0.25, 0.3) is 0 Å². The molecule has 0 bridgehead atoms. The quantitative estimate of drug-likeness (QED) is 0.755. The summed E-state index contributed by atoms with van der Waals surface area (Å²) < 4.78 is 0. The Hall–Kier alpha value is -1.57. The number of rotatable bonds is 3. The second kappa shape index (κ2) is 4.97. The topological polar surface area (TPSA) is 15.6 Å². The summed E-state index contributed by atoms with van der Waals surface area (Å²) in [6.07, 6.45) is 3.92. The lowest BCUT2D eigenvalue weighted by molar-refractivity contribution is 0.435. The highest BCUT2D eigenvalue weighted by Crippen LogP contribution is 2.15. The first-order chi connectivity index (χ1) is 7.75. The molecule has 0 saturated heterocycles. The van der Waals surface area contributed by atoms with Crippen LogP contribution in [0.4, 0.5) is 0 Å². The van der Waals surface area contributed by atoms with Crippen LogP contribution >= 0.6 is 0 Å². The van der Waals surface area contributed by atoms with Gasteiger partial charge >= 0.3 is 0 Å². The number of benzene rings is 1. The zero-order valence-electron chi connectivity index (χ0n) is 9.93. The van der Waals surface area contributed by atoms with Crippen LogP contribution in [-0.4, -0.2) is 17.8 Å². The maximum absolute atomic E-state index is 4.30. The Morgan fingerprint density at radius 1 is 1.25 bits per heavy atom. The lowest BCUT2D eigenvalue weighted by atomic mass is 10.0. The first kappa shape index (κ1) is 10.9. The van der Waals surface area contributed by atoms with E-state index in [4.69, 9.17) is 0 Å². The van der Waals surface area contributed by atoms with E-state index in [0.29, 0.717) is 5.92 Å². The normalized spacial score (nSPS) is 15.4. The molecule has 2 heteroatoms. The molecular weight excluding hydrogens is 196 g/mol. The molecule has 1 aromatic carbocycles. The van der Waals surface area contributed by atoms with E-state index >= 15 is 0 Å². The van der Waals surface area contributed by atoms with Crippen molar-refractivity contribution in [3.63, 3.8) is 0 Å². The van der Waals surface area contributed by atoms with E-state index in [1.807, 2.05) is 18.6 Å². The zero-order valence-corrected chi connectivity index (χ0v) is 9.93. The summed E-state index contributed by atoms with van der Waals surface area (Å²) in [7, 11) is 0. The van der Waals surface area contributed by atoms with Gasteiger partial charge in [-0.2, -0.15) is 0 Å². The van der Waals surface area contributed by atoms with Crippen LogP contribution in [0, 0.1) is 5.92 Å². The fourth-order valence-electron chi connectivity index (χ4n) is 1.79. The number of aliphatic imine (C=N–C) groups is 1. The van der Waals surface area contributed by atoms with E-state index in [2.05, 4.69) is 48.0 Å². The minimum Gasteiger partial charge on any atom is -0.354 e. The molecule has 0 N–H and O–H groups in total. The van der Waals surface area contributed by atoms with Crippen LogP contribution < -0.4 is 0 Å². The van der Waals surface area contributed by atoms with Crippen molar-refractivity contribution in [3.8, 4) is 0 Å². The summed E-state index contributed by atoms with van der Waals surface area (Å²) in [4.78, 5) is 6.55. The van der Waals surface area contributed by atoms with Crippen molar-refractivity contribution in [2.75, 3.05) is 6.54 Å². The highest BCUT2D eigenvalue weighted by molar-refractivity contribution is 5.58. The summed E-state index contributed by atoms with van der Waals surface area (Å²) in [5, 5.41) is 0. The molecule has 0 aliphatic carbocycles. The van der Waals surface area contributed by atoms with Crippen molar-refractivity contribution in [1.82, 2.24) is 4.90 Å². The monoisotopic (exact) mass is 214 g/mol. The van der Waals surface area contributed by atoms with Crippen LogP contribution in [0.1, 0.15) is 19.4 Å². The standard InChI is InChI=1S/C14H18N2/c1-12(2)14-8-15-11-16(10-14)9-13-6-4-3-5-7-13/h3-8,11-12H,9-10H2,1-2H3. The lowest BCUT2D eigenvalue weighted by Crippen LogP contribution is -2.27. The molecule has 16 heavy (non-hydrogen) atoms. The van der Waals surface area contributed by atoms with Gasteiger partial charge in [0.1, 0.15) is 0 Å². The van der Waals surface area contributed by atoms with E-state index in [-0.39, 0.29) is 0 Å². The molecule has 0 fully saturated rings. The first-order valence-corrected chi connectivity index (χ1v) is 5.76. The van der Waals surface area contributed by atoms with Crippen molar-refractivity contribution < 1.29 is 0 Å². The molecule has 1 aliphatic rings. The molecule has 1 heterocycles. The van der Waals surface area contributed by atoms with Gasteiger partial charge in [0.2, 0.25) is 0 Å². The van der Waals surface area contributed by atoms with Crippen molar-refractivity contribution in [1.29, 1.82) is 0 Å². The third-order valence-corrected chi connectivity index (χ3v) is 2.83. The number of nitrogens with zero attached hydrogens (tertiary/aromatic N) is 2. The van der Waals surface area contributed by atoms with Crippen molar-refractivity contribution in [3.05, 3.63) is 47.7 Å². The maximum atomic E-state index is 4.30. The predicted molar refractivity (Wildman–Crippen MR) is 68.3 cm³/mol. The third kappa shape index (κ3) is 2.72. The number of hydrogen-bond acceptors (Lipinski definition) is 2. The molecule has 84 valence electrons. The van der Waals surface area contributed by atoms with Gasteiger partial charge in [0, 0.05) is 19.3 Å². The van der Waals surface area contributed by atoms with Gasteiger partial charge in [-0.1, -0.05) is 44.2 Å². The second-order valence-corrected chi connectivity index (χ2v) is 4.51. The molecule has 0 unspecified atom stereocenters. The Balaban J connectivity index is 1.99. The Morgan fingerprint density at radius 3 is 2.69 bits per heavy atom. The van der Waals surface area contributed by atoms with E-state index in [1.165, 1.54) is 11.1 Å². The van der Waals surface area contributed by atoms with E-state index < -0.39 is 0 Å². The summed E-state index contributed by atoms with van der Waals surface area (Å²) in [6.45, 7) is 6.37. The van der Waals surface area contributed by atoms with E-state index in [9.17, 15) is 0 Å². The summed E-state index contributed by atoms with van der Waals surface area (Å²) in [5.41, 5.74) is 2.73. The van der Waals surface area contributed by atoms with E-state index in [0.717, 1.165) is 13.1 Å². The fraction of sp³-hybridized carbons (Fsp3) is 0.357. The van der Waals surface area contributed by atoms with Crippen LogP contribution in [0.2, 0.25) is 0 Å². The largest absolute Gasteiger partial charge is 0.354 e. The third-order valence-electron chi connectivity index (χ3n) is 2.83. The zero-order chi connectivity index (χ0) is 11.4. The molecule has 0 spiro atoms. The van der Waals surface area contributed by atoms with Crippen LogP contribution in [0.15, 0.2) is 47.1 Å². The van der Waals surface area contributed by atoms with Gasteiger partial charge in [-0.25, -0.2) is 4.99 Å². The molecular formula is C14H18N2. The molecule has 2 nitrogen and oxygen atoms in total. The molecule has 0 atom stereocenters. The molecule has 0 radical (unpaired) electrons. The minimum atomic E-state index is 0.579. The maximum Gasteiger partial charge on any atom is 0.0910 e. The van der Waals surface area contributed by atoms with Crippen LogP contribution in [0.5, 0.6) is 0 Å². The Kier molecular flexibility index (Phi) is 3.40. The molecule has 1 aromatic rings. The Bertz CT molecular complexity index is 390. The molecule has 0 saturated carbocycles. The van der Waals surface area contributed by atoms with Gasteiger partial charge in [-0.15, -0.1) is 0 Å². The van der Waals surface area contributed by atoms with Crippen molar-refractivity contribution >= 4 is 6.34 Å². The summed E-state index contributed by atoms with van der Waals surface area (Å²) >= 11 is 0. The van der Waals surface area contributed by atoms with E-state index in [1.54, 1.807) is 0 Å². The smallest absolute Gasteiger partial charge is 0.0910 e. The minimum absolute atomic E-state index is 0.579.